The van der Waals surface area contributed by atoms with Crippen molar-refractivity contribution in [3.05, 3.63) is 29.3 Å². The van der Waals surface area contributed by atoms with Crippen LogP contribution in [0.5, 0.6) is 0 Å². The highest BCUT2D eigenvalue weighted by atomic mass is 32.2. The number of hydrogen-bond donors (Lipinski definition) is 0. The molecule has 0 amide bonds. The lowest BCUT2D eigenvalue weighted by molar-refractivity contribution is 0.0656. The molecule has 5 heteroatoms. The van der Waals surface area contributed by atoms with Crippen LogP contribution in [0.1, 0.15) is 42.7 Å². The fourth-order valence-corrected chi connectivity index (χ4v) is 3.57. The van der Waals surface area contributed by atoms with Crippen LogP contribution in [-0.2, 0) is 14.9 Å². The van der Waals surface area contributed by atoms with E-state index in [-0.39, 0.29) is 16.9 Å². The maximum absolute atomic E-state index is 11.3. The first-order chi connectivity index (χ1) is 8.91. The van der Waals surface area contributed by atoms with Crippen LogP contribution in [0.15, 0.2) is 23.1 Å². The van der Waals surface area contributed by atoms with Gasteiger partial charge in [-0.05, 0) is 50.2 Å². The smallest absolute Gasteiger partial charge is 0.124 e. The van der Waals surface area contributed by atoms with E-state index in [0.29, 0.717) is 5.56 Å². The molecule has 106 valence electrons. The Bertz CT molecular complexity index is 543. The summed E-state index contributed by atoms with van der Waals surface area (Å²) in [6.07, 6.45) is 3.81. The second-order valence-electron chi connectivity index (χ2n) is 5.20. The molecule has 0 spiro atoms. The van der Waals surface area contributed by atoms with E-state index in [2.05, 4.69) is 0 Å². The van der Waals surface area contributed by atoms with Gasteiger partial charge in [-0.3, -0.25) is 0 Å². The second kappa shape index (κ2) is 5.61. The molecule has 0 radical (unpaired) electrons. The Kier molecular flexibility index (Phi) is 4.28. The third-order valence-electron chi connectivity index (χ3n) is 3.88. The summed E-state index contributed by atoms with van der Waals surface area (Å²) < 4.78 is 39.4. The van der Waals surface area contributed by atoms with Crippen LogP contribution in [0.25, 0.3) is 0 Å². The van der Waals surface area contributed by atoms with Crippen LogP contribution in [0.4, 0.5) is 0 Å². The molecule has 1 saturated carbocycles. The Hall–Kier alpha value is -0.910. The van der Waals surface area contributed by atoms with E-state index in [0.717, 1.165) is 31.2 Å². The molecule has 1 fully saturated rings. The van der Waals surface area contributed by atoms with Crippen molar-refractivity contribution in [2.24, 2.45) is 0 Å². The first-order valence-electron chi connectivity index (χ1n) is 6.51. The van der Waals surface area contributed by atoms with Gasteiger partial charge in [-0.2, -0.15) is 0 Å². The zero-order valence-corrected chi connectivity index (χ0v) is 12.1. The molecular weight excluding hydrogens is 264 g/mol. The predicted molar refractivity (Wildman–Crippen MR) is 71.1 cm³/mol. The second-order valence-corrected chi connectivity index (χ2v) is 6.55. The van der Waals surface area contributed by atoms with Gasteiger partial charge in [0.15, 0.2) is 0 Å². The first-order valence-corrected chi connectivity index (χ1v) is 7.92. The maximum Gasteiger partial charge on any atom is 0.124 e. The highest BCUT2D eigenvalue weighted by Gasteiger charge is 2.25. The molecule has 1 aromatic rings. The third kappa shape index (κ3) is 3.35. The monoisotopic (exact) mass is 283 g/mol. The minimum Gasteiger partial charge on any atom is -0.744 e. The molecule has 0 heterocycles. The van der Waals surface area contributed by atoms with Crippen molar-refractivity contribution in [2.75, 3.05) is 7.11 Å². The third-order valence-corrected chi connectivity index (χ3v) is 4.79. The molecule has 1 aromatic carbocycles. The van der Waals surface area contributed by atoms with E-state index in [1.807, 2.05) is 13.0 Å². The Morgan fingerprint density at radius 2 is 1.84 bits per heavy atom. The van der Waals surface area contributed by atoms with E-state index >= 15 is 0 Å². The lowest BCUT2D eigenvalue weighted by atomic mass is 9.82. The van der Waals surface area contributed by atoms with Crippen LogP contribution in [0.3, 0.4) is 0 Å². The van der Waals surface area contributed by atoms with Gasteiger partial charge in [-0.1, -0.05) is 17.7 Å². The predicted octanol–water partition coefficient (Wildman–Crippen LogP) is 2.57. The minimum atomic E-state index is -4.40. The van der Waals surface area contributed by atoms with Crippen molar-refractivity contribution < 1.29 is 17.7 Å². The molecule has 4 nitrogen and oxygen atoms in total. The number of rotatable bonds is 3. The fourth-order valence-electron chi connectivity index (χ4n) is 2.82. The topological polar surface area (TPSA) is 66.4 Å². The van der Waals surface area contributed by atoms with Crippen LogP contribution in [0, 0.1) is 6.92 Å². The number of ether oxygens (including phenoxy) is 1. The van der Waals surface area contributed by atoms with Crippen molar-refractivity contribution in [1.29, 1.82) is 0 Å². The molecule has 1 aliphatic rings. The summed E-state index contributed by atoms with van der Waals surface area (Å²) >= 11 is 0. The molecule has 0 saturated heterocycles. The SMILES string of the molecule is COC1CCC(c2cc(C)ccc2S(=O)(=O)[O-])CC1. The van der Waals surface area contributed by atoms with Gasteiger partial charge in [0.1, 0.15) is 10.1 Å². The molecular formula is C14H19O4S-. The summed E-state index contributed by atoms with van der Waals surface area (Å²) in [5.41, 5.74) is 1.67. The normalized spacial score (nSPS) is 24.4. The number of hydrogen-bond acceptors (Lipinski definition) is 4. The van der Waals surface area contributed by atoms with Gasteiger partial charge < -0.3 is 9.29 Å². The molecule has 0 N–H and O–H groups in total. The van der Waals surface area contributed by atoms with Crippen molar-refractivity contribution >= 4 is 10.1 Å². The zero-order chi connectivity index (χ0) is 14.0. The zero-order valence-electron chi connectivity index (χ0n) is 11.3. The van der Waals surface area contributed by atoms with Gasteiger partial charge in [-0.25, -0.2) is 8.42 Å². The Labute approximate surface area is 114 Å². The lowest BCUT2D eigenvalue weighted by Crippen LogP contribution is -2.20. The van der Waals surface area contributed by atoms with Gasteiger partial charge in [0.25, 0.3) is 0 Å². The van der Waals surface area contributed by atoms with Gasteiger partial charge in [0.2, 0.25) is 0 Å². The van der Waals surface area contributed by atoms with Gasteiger partial charge in [0.05, 0.1) is 11.0 Å². The summed E-state index contributed by atoms with van der Waals surface area (Å²) in [6, 6.07) is 4.95. The van der Waals surface area contributed by atoms with Crippen LogP contribution in [-0.4, -0.2) is 26.2 Å². The van der Waals surface area contributed by atoms with Crippen molar-refractivity contribution in [3.8, 4) is 0 Å². The summed E-state index contributed by atoms with van der Waals surface area (Å²) in [4.78, 5) is -0.0565. The largest absolute Gasteiger partial charge is 0.744 e. The van der Waals surface area contributed by atoms with Crippen LogP contribution in [0.2, 0.25) is 0 Å². The Balaban J connectivity index is 2.32. The molecule has 0 unspecified atom stereocenters. The Morgan fingerprint density at radius 1 is 1.21 bits per heavy atom. The molecule has 1 aliphatic carbocycles. The summed E-state index contributed by atoms with van der Waals surface area (Å²) in [7, 11) is -2.70. The molecule has 0 atom stereocenters. The minimum absolute atomic E-state index is 0.0565. The fraction of sp³-hybridized carbons (Fsp3) is 0.571. The van der Waals surface area contributed by atoms with Crippen molar-refractivity contribution in [1.82, 2.24) is 0 Å². The van der Waals surface area contributed by atoms with Crippen molar-refractivity contribution in [3.63, 3.8) is 0 Å². The number of aryl methyl sites for hydroxylation is 1. The van der Waals surface area contributed by atoms with Crippen LogP contribution >= 0.6 is 0 Å². The molecule has 0 aliphatic heterocycles. The van der Waals surface area contributed by atoms with Gasteiger partial charge >= 0.3 is 0 Å². The van der Waals surface area contributed by atoms with E-state index < -0.39 is 10.1 Å². The van der Waals surface area contributed by atoms with Crippen LogP contribution < -0.4 is 0 Å². The molecule has 0 bridgehead atoms. The lowest BCUT2D eigenvalue weighted by Gasteiger charge is -2.29. The molecule has 19 heavy (non-hydrogen) atoms. The van der Waals surface area contributed by atoms with Gasteiger partial charge in [0, 0.05) is 7.11 Å². The average molecular weight is 283 g/mol. The first kappa shape index (κ1) is 14.5. The molecule has 2 rings (SSSR count). The quantitative estimate of drug-likeness (QED) is 0.800. The van der Waals surface area contributed by atoms with E-state index in [4.69, 9.17) is 4.74 Å². The standard InChI is InChI=1S/C14H20O4S/c1-10-3-8-14(19(15,16)17)13(9-10)11-4-6-12(18-2)7-5-11/h3,8-9,11-12H,4-7H2,1-2H3,(H,15,16,17)/p-1. The summed E-state index contributed by atoms with van der Waals surface area (Å²) in [6.45, 7) is 1.91. The number of methoxy groups -OCH3 is 1. The highest BCUT2D eigenvalue weighted by molar-refractivity contribution is 7.85. The maximum atomic E-state index is 11.3. The summed E-state index contributed by atoms with van der Waals surface area (Å²) in [5.74, 6) is 0.144. The summed E-state index contributed by atoms with van der Waals surface area (Å²) in [5, 5.41) is 0. The van der Waals surface area contributed by atoms with E-state index in [1.54, 1.807) is 13.2 Å². The number of benzene rings is 1. The highest BCUT2D eigenvalue weighted by Crippen LogP contribution is 2.37. The van der Waals surface area contributed by atoms with Crippen molar-refractivity contribution in [2.45, 2.75) is 49.5 Å². The average Bonchev–Trinajstić information content (AvgIpc) is 2.37. The Morgan fingerprint density at radius 3 is 2.37 bits per heavy atom. The molecule has 0 aromatic heterocycles. The van der Waals surface area contributed by atoms with E-state index in [1.165, 1.54) is 6.07 Å². The van der Waals surface area contributed by atoms with E-state index in [9.17, 15) is 13.0 Å². The van der Waals surface area contributed by atoms with Gasteiger partial charge in [-0.15, -0.1) is 0 Å².